The molecule has 0 aliphatic carbocycles. The number of benzene rings is 2. The van der Waals surface area contributed by atoms with Crippen LogP contribution in [0.4, 0.5) is 0 Å². The smallest absolute Gasteiger partial charge is 0.290 e. The van der Waals surface area contributed by atoms with E-state index in [0.29, 0.717) is 35.4 Å². The molecule has 0 bridgehead atoms. The lowest BCUT2D eigenvalue weighted by molar-refractivity contribution is 0.0622. The van der Waals surface area contributed by atoms with Crippen LogP contribution in [0.15, 0.2) is 80.6 Å². The van der Waals surface area contributed by atoms with Gasteiger partial charge in [-0.2, -0.15) is 0 Å². The maximum Gasteiger partial charge on any atom is 0.290 e. The standard InChI is InChI=1S/C27H28BrN3O3/c1-3-5-8-17-30(27(33)24-12-9-18-34-24)23(4-2)25-29-22-11-7-6-10-21(22)26(32)31(25)20-15-13-19(28)14-16-20/h6-7,9-16,18,23H,3-5,8,17H2,1-2H3. The van der Waals surface area contributed by atoms with Crippen LogP contribution in [0.3, 0.4) is 0 Å². The zero-order valence-electron chi connectivity index (χ0n) is 19.4. The van der Waals surface area contributed by atoms with Gasteiger partial charge in [0.2, 0.25) is 0 Å². The molecule has 6 nitrogen and oxygen atoms in total. The quantitative estimate of drug-likeness (QED) is 0.235. The predicted molar refractivity (Wildman–Crippen MR) is 137 cm³/mol. The molecule has 4 rings (SSSR count). The molecule has 0 radical (unpaired) electrons. The normalized spacial score (nSPS) is 12.1. The number of amides is 1. The number of fused-ring (bicyclic) bond motifs is 1. The molecule has 1 atom stereocenters. The topological polar surface area (TPSA) is 68.3 Å². The minimum Gasteiger partial charge on any atom is -0.459 e. The summed E-state index contributed by atoms with van der Waals surface area (Å²) in [5.41, 5.74) is 1.17. The van der Waals surface area contributed by atoms with Gasteiger partial charge in [-0.05, 0) is 61.4 Å². The van der Waals surface area contributed by atoms with Crippen molar-refractivity contribution >= 4 is 32.7 Å². The van der Waals surface area contributed by atoms with Gasteiger partial charge < -0.3 is 9.32 Å². The van der Waals surface area contributed by atoms with Crippen LogP contribution >= 0.6 is 15.9 Å². The van der Waals surface area contributed by atoms with E-state index in [0.717, 1.165) is 23.7 Å². The number of nitrogens with zero attached hydrogens (tertiary/aromatic N) is 3. The first-order valence-electron chi connectivity index (χ1n) is 11.7. The van der Waals surface area contributed by atoms with Crippen molar-refractivity contribution in [3.8, 4) is 5.69 Å². The predicted octanol–water partition coefficient (Wildman–Crippen LogP) is 6.52. The summed E-state index contributed by atoms with van der Waals surface area (Å²) in [6.07, 6.45) is 5.00. The molecule has 34 heavy (non-hydrogen) atoms. The Kier molecular flexibility index (Phi) is 7.63. The maximum atomic E-state index is 13.7. The number of furan rings is 1. The molecule has 0 N–H and O–H groups in total. The third-order valence-electron chi connectivity index (χ3n) is 5.94. The molecular weight excluding hydrogens is 494 g/mol. The van der Waals surface area contributed by atoms with Gasteiger partial charge in [-0.25, -0.2) is 4.98 Å². The van der Waals surface area contributed by atoms with Crippen LogP contribution in [0.5, 0.6) is 0 Å². The Bertz CT molecular complexity index is 1310. The third-order valence-corrected chi connectivity index (χ3v) is 6.47. The molecule has 0 saturated heterocycles. The van der Waals surface area contributed by atoms with Gasteiger partial charge >= 0.3 is 0 Å². The molecule has 1 amide bonds. The Morgan fingerprint density at radius 1 is 1.06 bits per heavy atom. The summed E-state index contributed by atoms with van der Waals surface area (Å²) in [7, 11) is 0. The highest BCUT2D eigenvalue weighted by Crippen LogP contribution is 2.28. The minimum atomic E-state index is -0.407. The van der Waals surface area contributed by atoms with Crippen molar-refractivity contribution in [3.05, 3.63) is 93.3 Å². The van der Waals surface area contributed by atoms with E-state index in [1.54, 1.807) is 27.7 Å². The van der Waals surface area contributed by atoms with Crippen LogP contribution in [-0.2, 0) is 0 Å². The van der Waals surface area contributed by atoms with Crippen LogP contribution in [-0.4, -0.2) is 26.9 Å². The van der Waals surface area contributed by atoms with Gasteiger partial charge in [-0.15, -0.1) is 0 Å². The maximum absolute atomic E-state index is 13.7. The second kappa shape index (κ2) is 10.8. The van der Waals surface area contributed by atoms with E-state index in [-0.39, 0.29) is 17.2 Å². The van der Waals surface area contributed by atoms with Gasteiger partial charge in [-0.3, -0.25) is 14.2 Å². The van der Waals surface area contributed by atoms with Crippen LogP contribution in [0.25, 0.3) is 16.6 Å². The van der Waals surface area contributed by atoms with Crippen LogP contribution < -0.4 is 5.56 Å². The summed E-state index contributed by atoms with van der Waals surface area (Å²) in [4.78, 5) is 34.0. The first kappa shape index (κ1) is 24.0. The average Bonchev–Trinajstić information content (AvgIpc) is 3.39. The molecule has 0 fully saturated rings. The van der Waals surface area contributed by atoms with Crippen molar-refractivity contribution in [2.24, 2.45) is 0 Å². The number of carbonyl (C=O) groups is 1. The second-order valence-electron chi connectivity index (χ2n) is 8.21. The summed E-state index contributed by atoms with van der Waals surface area (Å²) in [5.74, 6) is 0.635. The van der Waals surface area contributed by atoms with E-state index >= 15 is 0 Å². The van der Waals surface area contributed by atoms with Crippen molar-refractivity contribution in [2.45, 2.75) is 45.6 Å². The summed E-state index contributed by atoms with van der Waals surface area (Å²) >= 11 is 3.47. The molecule has 2 aromatic heterocycles. The molecule has 2 aromatic carbocycles. The number of unbranched alkanes of at least 4 members (excludes halogenated alkanes) is 2. The Morgan fingerprint density at radius 3 is 2.50 bits per heavy atom. The van der Waals surface area contributed by atoms with Gasteiger partial charge in [-0.1, -0.05) is 54.8 Å². The Hall–Kier alpha value is -3.19. The summed E-state index contributed by atoms with van der Waals surface area (Å²) < 4.78 is 8.01. The monoisotopic (exact) mass is 521 g/mol. The van der Waals surface area contributed by atoms with Crippen molar-refractivity contribution < 1.29 is 9.21 Å². The van der Waals surface area contributed by atoms with E-state index in [4.69, 9.17) is 9.40 Å². The second-order valence-corrected chi connectivity index (χ2v) is 9.13. The van der Waals surface area contributed by atoms with E-state index in [9.17, 15) is 9.59 Å². The molecule has 176 valence electrons. The fourth-order valence-corrected chi connectivity index (χ4v) is 4.49. The molecule has 0 saturated carbocycles. The molecule has 2 heterocycles. The largest absolute Gasteiger partial charge is 0.459 e. The van der Waals surface area contributed by atoms with E-state index < -0.39 is 6.04 Å². The van der Waals surface area contributed by atoms with Gasteiger partial charge in [0.05, 0.1) is 28.9 Å². The third kappa shape index (κ3) is 4.85. The molecule has 0 aliphatic heterocycles. The Balaban J connectivity index is 1.91. The minimum absolute atomic E-state index is 0.152. The molecular formula is C27H28BrN3O3. The van der Waals surface area contributed by atoms with E-state index in [2.05, 4.69) is 22.9 Å². The number of halogens is 1. The SMILES string of the molecule is CCCCCN(C(=O)c1ccco1)C(CC)c1nc2ccccc2c(=O)n1-c1ccc(Br)cc1. The van der Waals surface area contributed by atoms with Gasteiger partial charge in [0, 0.05) is 11.0 Å². The van der Waals surface area contributed by atoms with Crippen molar-refractivity contribution in [1.82, 2.24) is 14.5 Å². The lowest BCUT2D eigenvalue weighted by Gasteiger charge is -2.32. The van der Waals surface area contributed by atoms with Crippen molar-refractivity contribution in [1.29, 1.82) is 0 Å². The van der Waals surface area contributed by atoms with Gasteiger partial charge in [0.1, 0.15) is 5.82 Å². The average molecular weight is 522 g/mol. The van der Waals surface area contributed by atoms with Crippen LogP contribution in [0, 0.1) is 0 Å². The summed E-state index contributed by atoms with van der Waals surface area (Å²) in [6.45, 7) is 4.70. The lowest BCUT2D eigenvalue weighted by atomic mass is 10.1. The zero-order chi connectivity index (χ0) is 24.1. The number of para-hydroxylation sites is 1. The van der Waals surface area contributed by atoms with Crippen LogP contribution in [0.2, 0.25) is 0 Å². The highest BCUT2D eigenvalue weighted by molar-refractivity contribution is 9.10. The van der Waals surface area contributed by atoms with Crippen LogP contribution in [0.1, 0.15) is 62.0 Å². The lowest BCUT2D eigenvalue weighted by Crippen LogP contribution is -2.39. The number of aromatic nitrogens is 2. The number of hydrogen-bond donors (Lipinski definition) is 0. The van der Waals surface area contributed by atoms with Gasteiger partial charge in [0.25, 0.3) is 11.5 Å². The highest BCUT2D eigenvalue weighted by Gasteiger charge is 2.30. The number of carbonyl (C=O) groups excluding carboxylic acids is 1. The summed E-state index contributed by atoms with van der Waals surface area (Å²) in [6, 6.07) is 17.9. The highest BCUT2D eigenvalue weighted by atomic mass is 79.9. The fraction of sp³-hybridized carbons (Fsp3) is 0.296. The molecule has 4 aromatic rings. The number of hydrogen-bond acceptors (Lipinski definition) is 4. The first-order chi connectivity index (χ1) is 16.5. The van der Waals surface area contributed by atoms with E-state index in [1.165, 1.54) is 6.26 Å². The molecule has 0 aliphatic rings. The van der Waals surface area contributed by atoms with E-state index in [1.807, 2.05) is 49.4 Å². The zero-order valence-corrected chi connectivity index (χ0v) is 21.0. The van der Waals surface area contributed by atoms with Gasteiger partial charge in [0.15, 0.2) is 5.76 Å². The molecule has 0 spiro atoms. The summed E-state index contributed by atoms with van der Waals surface area (Å²) in [5, 5.41) is 0.541. The van der Waals surface area contributed by atoms with Crippen molar-refractivity contribution in [3.63, 3.8) is 0 Å². The Labute approximate surface area is 207 Å². The Morgan fingerprint density at radius 2 is 1.82 bits per heavy atom. The molecule has 1 unspecified atom stereocenters. The molecule has 7 heteroatoms. The first-order valence-corrected chi connectivity index (χ1v) is 12.5. The number of rotatable bonds is 9. The van der Waals surface area contributed by atoms with Crippen molar-refractivity contribution in [2.75, 3.05) is 6.54 Å². The fourth-order valence-electron chi connectivity index (χ4n) is 4.23.